The van der Waals surface area contributed by atoms with Crippen molar-refractivity contribution in [1.29, 1.82) is 0 Å². The van der Waals surface area contributed by atoms with Crippen molar-refractivity contribution in [2.75, 3.05) is 39.8 Å². The van der Waals surface area contributed by atoms with Gasteiger partial charge in [0.05, 0.1) is 18.7 Å². The number of carbonyl (C=O) groups is 1. The highest BCUT2D eigenvalue weighted by molar-refractivity contribution is 5.80. The van der Waals surface area contributed by atoms with Crippen molar-refractivity contribution in [2.45, 2.75) is 25.1 Å². The van der Waals surface area contributed by atoms with E-state index >= 15 is 0 Å². The minimum absolute atomic E-state index is 0.0604. The molecule has 1 aliphatic heterocycles. The predicted octanol–water partition coefficient (Wildman–Crippen LogP) is 1.20. The van der Waals surface area contributed by atoms with Gasteiger partial charge in [-0.3, -0.25) is 14.7 Å². The van der Waals surface area contributed by atoms with E-state index in [1.54, 1.807) is 7.05 Å². The van der Waals surface area contributed by atoms with Gasteiger partial charge in [-0.1, -0.05) is 12.1 Å². The van der Waals surface area contributed by atoms with Gasteiger partial charge in [0.25, 0.3) is 0 Å². The standard InChI is InChI=1S/C18H26F3N5O2/c1-23-17(25-13-6-9-26(10-7-13)12-16(22)27)24-8-11-28-15-5-3-2-4-14(15)18(19,20)21/h2-5,13H,6-12H2,1H3,(H2,22,27)(H2,23,24,25). The molecule has 156 valence electrons. The Bertz CT molecular complexity index is 673. The molecule has 1 aliphatic rings. The number of carbonyl (C=O) groups excluding carboxylic acids is 1. The molecule has 0 spiro atoms. The molecule has 1 heterocycles. The summed E-state index contributed by atoms with van der Waals surface area (Å²) >= 11 is 0. The third-order valence-electron chi connectivity index (χ3n) is 4.38. The van der Waals surface area contributed by atoms with Crippen LogP contribution in [0.25, 0.3) is 0 Å². The fourth-order valence-corrected chi connectivity index (χ4v) is 3.00. The monoisotopic (exact) mass is 401 g/mol. The van der Waals surface area contributed by atoms with E-state index in [2.05, 4.69) is 15.6 Å². The lowest BCUT2D eigenvalue weighted by atomic mass is 10.1. The number of hydrogen-bond donors (Lipinski definition) is 3. The summed E-state index contributed by atoms with van der Waals surface area (Å²) in [5.41, 5.74) is 4.41. The summed E-state index contributed by atoms with van der Waals surface area (Å²) in [5, 5.41) is 6.31. The highest BCUT2D eigenvalue weighted by Gasteiger charge is 2.33. The number of para-hydroxylation sites is 1. The summed E-state index contributed by atoms with van der Waals surface area (Å²) in [6.07, 6.45) is -2.78. The van der Waals surface area contributed by atoms with Gasteiger partial charge in [0.2, 0.25) is 5.91 Å². The van der Waals surface area contributed by atoms with E-state index in [0.717, 1.165) is 32.0 Å². The van der Waals surface area contributed by atoms with Crippen molar-refractivity contribution in [3.05, 3.63) is 29.8 Å². The van der Waals surface area contributed by atoms with Crippen LogP contribution in [0, 0.1) is 0 Å². The van der Waals surface area contributed by atoms with Crippen LogP contribution in [-0.2, 0) is 11.0 Å². The number of primary amides is 1. The molecule has 0 unspecified atom stereocenters. The van der Waals surface area contributed by atoms with Crippen molar-refractivity contribution in [2.24, 2.45) is 10.7 Å². The van der Waals surface area contributed by atoms with E-state index in [9.17, 15) is 18.0 Å². The molecule has 1 fully saturated rings. The maximum Gasteiger partial charge on any atom is 0.419 e. The van der Waals surface area contributed by atoms with Crippen LogP contribution in [0.1, 0.15) is 18.4 Å². The third-order valence-corrected chi connectivity index (χ3v) is 4.38. The molecule has 1 saturated heterocycles. The summed E-state index contributed by atoms with van der Waals surface area (Å²) in [6.45, 7) is 2.14. The van der Waals surface area contributed by atoms with Crippen molar-refractivity contribution in [3.8, 4) is 5.75 Å². The minimum Gasteiger partial charge on any atom is -0.491 e. The number of nitrogens with one attached hydrogen (secondary N) is 2. The van der Waals surface area contributed by atoms with Crippen LogP contribution in [0.5, 0.6) is 5.75 Å². The highest BCUT2D eigenvalue weighted by Crippen LogP contribution is 2.35. The summed E-state index contributed by atoms with van der Waals surface area (Å²) < 4.78 is 44.1. The number of aliphatic imine (C=N–C) groups is 1. The van der Waals surface area contributed by atoms with Gasteiger partial charge in [0, 0.05) is 26.2 Å². The van der Waals surface area contributed by atoms with Gasteiger partial charge < -0.3 is 21.1 Å². The molecule has 1 aromatic carbocycles. The van der Waals surface area contributed by atoms with Gasteiger partial charge in [0.1, 0.15) is 12.4 Å². The Balaban J connectivity index is 1.73. The number of amides is 1. The SMILES string of the molecule is CN=C(NCCOc1ccccc1C(F)(F)F)NC1CCN(CC(N)=O)CC1. The predicted molar refractivity (Wildman–Crippen MR) is 100 cm³/mol. The van der Waals surface area contributed by atoms with E-state index < -0.39 is 11.7 Å². The largest absolute Gasteiger partial charge is 0.491 e. The molecule has 0 radical (unpaired) electrons. The number of likely N-dealkylation sites (tertiary alicyclic amines) is 1. The number of rotatable bonds is 7. The zero-order valence-electron chi connectivity index (χ0n) is 15.8. The van der Waals surface area contributed by atoms with E-state index in [4.69, 9.17) is 10.5 Å². The van der Waals surface area contributed by atoms with Gasteiger partial charge in [-0.05, 0) is 25.0 Å². The van der Waals surface area contributed by atoms with Gasteiger partial charge in [-0.25, -0.2) is 0 Å². The zero-order valence-corrected chi connectivity index (χ0v) is 15.8. The molecule has 0 aromatic heterocycles. The number of hydrogen-bond acceptors (Lipinski definition) is 4. The van der Waals surface area contributed by atoms with Crippen LogP contribution in [0.2, 0.25) is 0 Å². The summed E-state index contributed by atoms with van der Waals surface area (Å²) in [4.78, 5) is 17.1. The van der Waals surface area contributed by atoms with Crippen molar-refractivity contribution in [1.82, 2.24) is 15.5 Å². The maximum absolute atomic E-state index is 12.9. The Morgan fingerprint density at radius 2 is 2.00 bits per heavy atom. The molecule has 2 rings (SSSR count). The Hall–Kier alpha value is -2.49. The highest BCUT2D eigenvalue weighted by atomic mass is 19.4. The Morgan fingerprint density at radius 1 is 1.32 bits per heavy atom. The van der Waals surface area contributed by atoms with E-state index in [0.29, 0.717) is 12.5 Å². The van der Waals surface area contributed by atoms with Crippen molar-refractivity contribution >= 4 is 11.9 Å². The molecule has 0 atom stereocenters. The number of benzene rings is 1. The van der Waals surface area contributed by atoms with Gasteiger partial charge >= 0.3 is 6.18 Å². The summed E-state index contributed by atoms with van der Waals surface area (Å²) in [5.74, 6) is 0.0265. The number of nitrogens with two attached hydrogens (primary N) is 1. The quantitative estimate of drug-likeness (QED) is 0.363. The molecule has 0 saturated carbocycles. The first-order chi connectivity index (χ1) is 13.3. The van der Waals surface area contributed by atoms with Crippen LogP contribution in [-0.4, -0.2) is 62.6 Å². The third kappa shape index (κ3) is 6.91. The number of halogens is 3. The number of nitrogens with zero attached hydrogens (tertiary/aromatic N) is 2. The van der Waals surface area contributed by atoms with Gasteiger partial charge in [0.15, 0.2) is 5.96 Å². The van der Waals surface area contributed by atoms with E-state index in [1.807, 2.05) is 4.90 Å². The van der Waals surface area contributed by atoms with Crippen LogP contribution in [0.4, 0.5) is 13.2 Å². The Labute approximate surface area is 162 Å². The van der Waals surface area contributed by atoms with Crippen molar-refractivity contribution in [3.63, 3.8) is 0 Å². The van der Waals surface area contributed by atoms with Crippen LogP contribution in [0.3, 0.4) is 0 Å². The first-order valence-electron chi connectivity index (χ1n) is 9.06. The number of piperidine rings is 1. The first kappa shape index (κ1) is 21.8. The molecule has 28 heavy (non-hydrogen) atoms. The Morgan fingerprint density at radius 3 is 2.61 bits per heavy atom. The molecule has 7 nitrogen and oxygen atoms in total. The second kappa shape index (κ2) is 10.2. The Kier molecular flexibility index (Phi) is 7.91. The minimum atomic E-state index is -4.45. The lowest BCUT2D eigenvalue weighted by Gasteiger charge is -2.32. The van der Waals surface area contributed by atoms with Crippen LogP contribution in [0.15, 0.2) is 29.3 Å². The van der Waals surface area contributed by atoms with Crippen LogP contribution >= 0.6 is 0 Å². The molecular formula is C18H26F3N5O2. The summed E-state index contributed by atoms with van der Waals surface area (Å²) in [7, 11) is 1.62. The lowest BCUT2D eigenvalue weighted by Crippen LogP contribution is -2.50. The summed E-state index contributed by atoms with van der Waals surface area (Å²) in [6, 6.07) is 5.32. The average molecular weight is 401 g/mol. The normalized spacial score (nSPS) is 16.6. The fraction of sp³-hybridized carbons (Fsp3) is 0.556. The lowest BCUT2D eigenvalue weighted by molar-refractivity contribution is -0.139. The van der Waals surface area contributed by atoms with Crippen LogP contribution < -0.4 is 21.1 Å². The molecule has 0 aliphatic carbocycles. The molecular weight excluding hydrogens is 375 g/mol. The second-order valence-electron chi connectivity index (χ2n) is 6.50. The topological polar surface area (TPSA) is 92.0 Å². The molecule has 1 amide bonds. The first-order valence-corrected chi connectivity index (χ1v) is 9.06. The molecule has 10 heteroatoms. The molecule has 1 aromatic rings. The van der Waals surface area contributed by atoms with Crippen molar-refractivity contribution < 1.29 is 22.7 Å². The number of guanidine groups is 1. The van der Waals surface area contributed by atoms with Gasteiger partial charge in [-0.2, -0.15) is 13.2 Å². The molecule has 4 N–H and O–H groups in total. The smallest absolute Gasteiger partial charge is 0.419 e. The average Bonchev–Trinajstić information content (AvgIpc) is 2.64. The number of ether oxygens (including phenoxy) is 1. The van der Waals surface area contributed by atoms with E-state index in [-0.39, 0.29) is 30.9 Å². The maximum atomic E-state index is 12.9. The fourth-order valence-electron chi connectivity index (χ4n) is 3.00. The number of alkyl halides is 3. The molecule has 0 bridgehead atoms. The van der Waals surface area contributed by atoms with Gasteiger partial charge in [-0.15, -0.1) is 0 Å². The van der Waals surface area contributed by atoms with E-state index in [1.165, 1.54) is 18.2 Å². The zero-order chi connectivity index (χ0) is 20.6. The second-order valence-corrected chi connectivity index (χ2v) is 6.50.